The topological polar surface area (TPSA) is 57.5 Å². The number of hydrogen-bond donors (Lipinski definition) is 2. The van der Waals surface area contributed by atoms with Gasteiger partial charge in [-0.1, -0.05) is 13.8 Å². The molecule has 6 heteroatoms. The van der Waals surface area contributed by atoms with Gasteiger partial charge in [-0.2, -0.15) is 5.10 Å². The maximum absolute atomic E-state index is 4.50. The first-order valence-corrected chi connectivity index (χ1v) is 9.11. The predicted molar refractivity (Wildman–Crippen MR) is 103 cm³/mol. The van der Waals surface area contributed by atoms with Crippen molar-refractivity contribution in [1.29, 1.82) is 0 Å². The highest BCUT2D eigenvalue weighted by Crippen LogP contribution is 2.14. The number of likely N-dealkylation sites (N-methyl/N-ethyl adjacent to an activating group) is 1. The lowest BCUT2D eigenvalue weighted by molar-refractivity contribution is 0.293. The highest BCUT2D eigenvalue weighted by molar-refractivity contribution is 5.79. The molecule has 0 aliphatic carbocycles. The lowest BCUT2D eigenvalue weighted by atomic mass is 10.1. The van der Waals surface area contributed by atoms with Crippen molar-refractivity contribution in [3.8, 4) is 0 Å². The van der Waals surface area contributed by atoms with Gasteiger partial charge in [-0.3, -0.25) is 9.67 Å². The summed E-state index contributed by atoms with van der Waals surface area (Å²) in [6.07, 6.45) is 2.14. The van der Waals surface area contributed by atoms with Crippen LogP contribution in [-0.2, 0) is 13.5 Å². The summed E-state index contributed by atoms with van der Waals surface area (Å²) in [5.41, 5.74) is 3.68. The Balaban J connectivity index is 2.47. The first kappa shape index (κ1) is 20.5. The van der Waals surface area contributed by atoms with Crippen LogP contribution in [0.15, 0.2) is 4.99 Å². The molecule has 0 saturated carbocycles. The molecule has 0 amide bonds. The van der Waals surface area contributed by atoms with Crippen LogP contribution in [-0.4, -0.2) is 59.9 Å². The molecule has 0 spiro atoms. The molecule has 24 heavy (non-hydrogen) atoms. The molecule has 0 bridgehead atoms. The van der Waals surface area contributed by atoms with E-state index in [1.165, 1.54) is 17.7 Å². The average molecular weight is 337 g/mol. The number of nitrogens with zero attached hydrogens (tertiary/aromatic N) is 4. The molecule has 1 atom stereocenters. The largest absolute Gasteiger partial charge is 0.355 e. The molecular formula is C18H36N6. The fourth-order valence-corrected chi connectivity index (χ4v) is 2.97. The highest BCUT2D eigenvalue weighted by Gasteiger charge is 2.14. The van der Waals surface area contributed by atoms with Gasteiger partial charge >= 0.3 is 0 Å². The minimum Gasteiger partial charge on any atom is -0.355 e. The predicted octanol–water partition coefficient (Wildman–Crippen LogP) is 1.86. The van der Waals surface area contributed by atoms with Crippen molar-refractivity contribution >= 4 is 5.96 Å². The summed E-state index contributed by atoms with van der Waals surface area (Å²) >= 11 is 0. The second-order valence-corrected chi connectivity index (χ2v) is 6.46. The first-order chi connectivity index (χ1) is 11.4. The summed E-state index contributed by atoms with van der Waals surface area (Å²) in [5, 5.41) is 11.4. The molecule has 0 aliphatic rings. The fraction of sp³-hybridized carbons (Fsp3) is 0.778. The molecule has 1 aromatic heterocycles. The lowest BCUT2D eigenvalue weighted by Crippen LogP contribution is -2.45. The Morgan fingerprint density at radius 1 is 1.29 bits per heavy atom. The highest BCUT2D eigenvalue weighted by atomic mass is 15.3. The van der Waals surface area contributed by atoms with Gasteiger partial charge in [-0.15, -0.1) is 0 Å². The van der Waals surface area contributed by atoms with Gasteiger partial charge in [0.15, 0.2) is 5.96 Å². The Morgan fingerprint density at radius 3 is 2.50 bits per heavy atom. The Bertz CT molecular complexity index is 520. The maximum atomic E-state index is 4.50. The van der Waals surface area contributed by atoms with Crippen molar-refractivity contribution < 1.29 is 0 Å². The van der Waals surface area contributed by atoms with E-state index in [1.54, 1.807) is 0 Å². The molecule has 0 saturated heterocycles. The molecule has 0 radical (unpaired) electrons. The zero-order valence-corrected chi connectivity index (χ0v) is 16.6. The van der Waals surface area contributed by atoms with Crippen LogP contribution in [0, 0.1) is 13.8 Å². The third-order valence-electron chi connectivity index (χ3n) is 4.48. The maximum Gasteiger partial charge on any atom is 0.191 e. The normalized spacial score (nSPS) is 13.4. The van der Waals surface area contributed by atoms with Crippen LogP contribution in [0.25, 0.3) is 0 Å². The SMILES string of the molecule is CCCN(CC)CCNC(=NC)NC(C)Cc1c(C)nn(C)c1C. The van der Waals surface area contributed by atoms with Crippen molar-refractivity contribution in [2.24, 2.45) is 12.0 Å². The Hall–Kier alpha value is -1.56. The van der Waals surface area contributed by atoms with Crippen molar-refractivity contribution in [3.63, 3.8) is 0 Å². The summed E-state index contributed by atoms with van der Waals surface area (Å²) in [6, 6.07) is 0.302. The van der Waals surface area contributed by atoms with E-state index in [0.717, 1.165) is 44.3 Å². The van der Waals surface area contributed by atoms with E-state index < -0.39 is 0 Å². The van der Waals surface area contributed by atoms with Gasteiger partial charge < -0.3 is 15.5 Å². The Kier molecular flexibility index (Phi) is 8.82. The number of aromatic nitrogens is 2. The molecule has 0 aliphatic heterocycles. The van der Waals surface area contributed by atoms with Gasteiger partial charge in [0.1, 0.15) is 0 Å². The van der Waals surface area contributed by atoms with Crippen molar-refractivity contribution in [2.45, 2.75) is 53.5 Å². The van der Waals surface area contributed by atoms with Crippen LogP contribution in [0.4, 0.5) is 0 Å². The van der Waals surface area contributed by atoms with E-state index in [1.807, 2.05) is 18.8 Å². The van der Waals surface area contributed by atoms with E-state index in [4.69, 9.17) is 0 Å². The molecule has 1 aromatic rings. The van der Waals surface area contributed by atoms with Gasteiger partial charge in [0.05, 0.1) is 5.69 Å². The van der Waals surface area contributed by atoms with Crippen LogP contribution in [0.2, 0.25) is 0 Å². The lowest BCUT2D eigenvalue weighted by Gasteiger charge is -2.22. The molecule has 2 N–H and O–H groups in total. The van der Waals surface area contributed by atoms with E-state index in [2.05, 4.69) is 60.2 Å². The van der Waals surface area contributed by atoms with Crippen LogP contribution in [0.1, 0.15) is 44.1 Å². The molecule has 0 fully saturated rings. The van der Waals surface area contributed by atoms with Gasteiger partial charge in [0, 0.05) is 38.9 Å². The number of nitrogens with one attached hydrogen (secondary N) is 2. The first-order valence-electron chi connectivity index (χ1n) is 9.11. The number of aliphatic imine (C=N–C) groups is 1. The van der Waals surface area contributed by atoms with E-state index >= 15 is 0 Å². The number of guanidine groups is 1. The van der Waals surface area contributed by atoms with Crippen LogP contribution in [0.5, 0.6) is 0 Å². The van der Waals surface area contributed by atoms with Gasteiger partial charge in [0.2, 0.25) is 0 Å². The van der Waals surface area contributed by atoms with E-state index in [0.29, 0.717) is 6.04 Å². The number of aryl methyl sites for hydroxylation is 2. The standard InChI is InChI=1S/C18H36N6/c1-8-11-24(9-2)12-10-20-18(19-6)21-14(3)13-17-15(4)22-23(7)16(17)5/h14H,8-13H2,1-7H3,(H2,19,20,21). The van der Waals surface area contributed by atoms with Gasteiger partial charge in [-0.05, 0) is 52.3 Å². The number of rotatable bonds is 9. The molecule has 0 aromatic carbocycles. The molecule has 138 valence electrons. The third-order valence-corrected chi connectivity index (χ3v) is 4.48. The van der Waals surface area contributed by atoms with Gasteiger partial charge in [-0.25, -0.2) is 0 Å². The quantitative estimate of drug-likeness (QED) is 0.534. The smallest absolute Gasteiger partial charge is 0.191 e. The summed E-state index contributed by atoms with van der Waals surface area (Å²) in [7, 11) is 3.83. The minimum atomic E-state index is 0.302. The Morgan fingerprint density at radius 2 is 2.00 bits per heavy atom. The summed E-state index contributed by atoms with van der Waals surface area (Å²) in [6.45, 7) is 15.0. The summed E-state index contributed by atoms with van der Waals surface area (Å²) in [4.78, 5) is 6.79. The minimum absolute atomic E-state index is 0.302. The monoisotopic (exact) mass is 336 g/mol. The zero-order chi connectivity index (χ0) is 18.1. The molecule has 1 heterocycles. The second-order valence-electron chi connectivity index (χ2n) is 6.46. The van der Waals surface area contributed by atoms with E-state index in [-0.39, 0.29) is 0 Å². The third kappa shape index (κ3) is 6.15. The van der Waals surface area contributed by atoms with Crippen molar-refractivity contribution in [3.05, 3.63) is 17.0 Å². The van der Waals surface area contributed by atoms with Crippen LogP contribution < -0.4 is 10.6 Å². The van der Waals surface area contributed by atoms with Crippen LogP contribution in [0.3, 0.4) is 0 Å². The van der Waals surface area contributed by atoms with Gasteiger partial charge in [0.25, 0.3) is 0 Å². The number of hydrogen-bond acceptors (Lipinski definition) is 3. The average Bonchev–Trinajstić information content (AvgIpc) is 2.79. The Labute approximate surface area is 147 Å². The summed E-state index contributed by atoms with van der Waals surface area (Å²) in [5.74, 6) is 0.870. The molecule has 1 unspecified atom stereocenters. The molecule has 6 nitrogen and oxygen atoms in total. The van der Waals surface area contributed by atoms with Crippen LogP contribution >= 0.6 is 0 Å². The molecular weight excluding hydrogens is 300 g/mol. The van der Waals surface area contributed by atoms with Crippen molar-refractivity contribution in [1.82, 2.24) is 25.3 Å². The second kappa shape index (κ2) is 10.3. The molecule has 1 rings (SSSR count). The van der Waals surface area contributed by atoms with Crippen molar-refractivity contribution in [2.75, 3.05) is 33.2 Å². The van der Waals surface area contributed by atoms with E-state index in [9.17, 15) is 0 Å². The summed E-state index contributed by atoms with van der Waals surface area (Å²) < 4.78 is 1.96. The fourth-order valence-electron chi connectivity index (χ4n) is 2.97. The zero-order valence-electron chi connectivity index (χ0n) is 16.6.